The van der Waals surface area contributed by atoms with Crippen molar-refractivity contribution >= 4 is 9.84 Å². The molecule has 0 spiro atoms. The minimum Gasteiger partial charge on any atom is -0.282 e. The Labute approximate surface area is 107 Å². The maximum absolute atomic E-state index is 12.0. The smallest absolute Gasteiger partial charge is 0.180 e. The van der Waals surface area contributed by atoms with E-state index in [1.165, 1.54) is 0 Å². The second-order valence-electron chi connectivity index (χ2n) is 4.55. The standard InChI is InChI=1S/C13H16N2O2S/c1-9(2)18(16,17)12-6-4-11(5-7-12)13-8-10(3)14-15-13/h4-9H,1-3H3,(H,14,15). The lowest BCUT2D eigenvalue weighted by molar-refractivity contribution is 0.587. The first-order chi connectivity index (χ1) is 8.41. The van der Waals surface area contributed by atoms with Crippen LogP contribution in [-0.2, 0) is 9.84 Å². The molecule has 0 bridgehead atoms. The van der Waals surface area contributed by atoms with Gasteiger partial charge >= 0.3 is 0 Å². The molecule has 0 amide bonds. The van der Waals surface area contributed by atoms with E-state index in [1.807, 2.05) is 13.0 Å². The second-order valence-corrected chi connectivity index (χ2v) is 7.06. The summed E-state index contributed by atoms with van der Waals surface area (Å²) in [5.41, 5.74) is 2.70. The molecule has 4 nitrogen and oxygen atoms in total. The molecule has 1 N–H and O–H groups in total. The van der Waals surface area contributed by atoms with Crippen LogP contribution < -0.4 is 0 Å². The lowest BCUT2D eigenvalue weighted by Crippen LogP contribution is -2.13. The number of rotatable bonds is 3. The van der Waals surface area contributed by atoms with Crippen molar-refractivity contribution < 1.29 is 8.42 Å². The summed E-state index contributed by atoms with van der Waals surface area (Å²) in [4.78, 5) is 0.355. The second kappa shape index (κ2) is 4.57. The number of H-pyrrole nitrogens is 1. The van der Waals surface area contributed by atoms with Crippen molar-refractivity contribution in [1.82, 2.24) is 10.2 Å². The molecule has 96 valence electrons. The summed E-state index contributed by atoms with van der Waals surface area (Å²) in [7, 11) is -3.20. The number of hydrogen-bond donors (Lipinski definition) is 1. The highest BCUT2D eigenvalue weighted by molar-refractivity contribution is 7.92. The molecule has 0 fully saturated rings. The number of aromatic nitrogens is 2. The van der Waals surface area contributed by atoms with Gasteiger partial charge in [-0.2, -0.15) is 5.10 Å². The summed E-state index contributed by atoms with van der Waals surface area (Å²) in [6.07, 6.45) is 0. The monoisotopic (exact) mass is 264 g/mol. The predicted octanol–water partition coefficient (Wildman–Crippen LogP) is 2.57. The van der Waals surface area contributed by atoms with E-state index in [1.54, 1.807) is 38.1 Å². The van der Waals surface area contributed by atoms with E-state index in [2.05, 4.69) is 10.2 Å². The van der Waals surface area contributed by atoms with Crippen LogP contribution in [0.2, 0.25) is 0 Å². The largest absolute Gasteiger partial charge is 0.282 e. The van der Waals surface area contributed by atoms with E-state index in [-0.39, 0.29) is 0 Å². The van der Waals surface area contributed by atoms with Gasteiger partial charge in [-0.15, -0.1) is 0 Å². The summed E-state index contributed by atoms with van der Waals surface area (Å²) in [6, 6.07) is 8.76. The summed E-state index contributed by atoms with van der Waals surface area (Å²) < 4.78 is 23.9. The van der Waals surface area contributed by atoms with Crippen LogP contribution >= 0.6 is 0 Å². The quantitative estimate of drug-likeness (QED) is 0.926. The first-order valence-corrected chi connectivity index (χ1v) is 7.32. The van der Waals surface area contributed by atoms with Crippen LogP contribution in [0, 0.1) is 6.92 Å². The van der Waals surface area contributed by atoms with E-state index < -0.39 is 15.1 Å². The molecule has 5 heteroatoms. The Kier molecular flexibility index (Phi) is 3.26. The summed E-state index contributed by atoms with van der Waals surface area (Å²) >= 11 is 0. The Morgan fingerprint density at radius 3 is 2.22 bits per heavy atom. The number of nitrogens with one attached hydrogen (secondary N) is 1. The Bertz CT molecular complexity index is 640. The number of benzene rings is 1. The third-order valence-electron chi connectivity index (χ3n) is 2.81. The zero-order valence-electron chi connectivity index (χ0n) is 10.6. The van der Waals surface area contributed by atoms with Gasteiger partial charge in [-0.05, 0) is 39.0 Å². The lowest BCUT2D eigenvalue weighted by Gasteiger charge is -2.07. The summed E-state index contributed by atoms with van der Waals surface area (Å²) in [5, 5.41) is 6.59. The molecule has 1 aromatic carbocycles. The number of aromatic amines is 1. The summed E-state index contributed by atoms with van der Waals surface area (Å²) in [5.74, 6) is 0. The van der Waals surface area contributed by atoms with E-state index in [0.717, 1.165) is 17.0 Å². The fourth-order valence-electron chi connectivity index (χ4n) is 1.65. The van der Waals surface area contributed by atoms with Crippen molar-refractivity contribution in [2.45, 2.75) is 30.9 Å². The molecule has 1 heterocycles. The molecular formula is C13H16N2O2S. The minimum atomic E-state index is -3.20. The third-order valence-corrected chi connectivity index (χ3v) is 4.98. The van der Waals surface area contributed by atoms with E-state index in [4.69, 9.17) is 0 Å². The number of nitrogens with zero attached hydrogens (tertiary/aromatic N) is 1. The predicted molar refractivity (Wildman–Crippen MR) is 71.1 cm³/mol. The van der Waals surface area contributed by atoms with Crippen LogP contribution in [0.25, 0.3) is 11.3 Å². The summed E-state index contributed by atoms with van der Waals surface area (Å²) in [6.45, 7) is 5.29. The normalized spacial score (nSPS) is 12.0. The molecule has 0 aliphatic heterocycles. The van der Waals surface area contributed by atoms with Gasteiger partial charge in [0.2, 0.25) is 0 Å². The van der Waals surface area contributed by atoms with Gasteiger partial charge in [-0.3, -0.25) is 5.10 Å². The SMILES string of the molecule is Cc1cc(-c2ccc(S(=O)(=O)C(C)C)cc2)n[nH]1. The third kappa shape index (κ3) is 2.31. The molecule has 0 saturated carbocycles. The van der Waals surface area contributed by atoms with Gasteiger partial charge < -0.3 is 0 Å². The van der Waals surface area contributed by atoms with Gasteiger partial charge in [0.1, 0.15) is 0 Å². The maximum atomic E-state index is 12.0. The van der Waals surface area contributed by atoms with Crippen LogP contribution in [0.4, 0.5) is 0 Å². The fraction of sp³-hybridized carbons (Fsp3) is 0.308. The van der Waals surface area contributed by atoms with Crippen molar-refractivity contribution in [1.29, 1.82) is 0 Å². The Balaban J connectivity index is 2.37. The van der Waals surface area contributed by atoms with Crippen molar-refractivity contribution in [3.63, 3.8) is 0 Å². The van der Waals surface area contributed by atoms with E-state index in [0.29, 0.717) is 4.90 Å². The van der Waals surface area contributed by atoms with Gasteiger partial charge in [0.15, 0.2) is 9.84 Å². The molecule has 0 atom stereocenters. The average molecular weight is 264 g/mol. The van der Waals surface area contributed by atoms with Crippen molar-refractivity contribution in [2.24, 2.45) is 0 Å². The number of sulfone groups is 1. The Morgan fingerprint density at radius 1 is 1.17 bits per heavy atom. The number of hydrogen-bond acceptors (Lipinski definition) is 3. The fourth-order valence-corrected chi connectivity index (χ4v) is 2.71. The average Bonchev–Trinajstić information content (AvgIpc) is 2.76. The Hall–Kier alpha value is -1.62. The minimum absolute atomic E-state index is 0.355. The van der Waals surface area contributed by atoms with Crippen molar-refractivity contribution in [2.75, 3.05) is 0 Å². The van der Waals surface area contributed by atoms with Crippen molar-refractivity contribution in [3.8, 4) is 11.3 Å². The van der Waals surface area contributed by atoms with E-state index >= 15 is 0 Å². The van der Waals surface area contributed by atoms with Gasteiger partial charge in [-0.25, -0.2) is 8.42 Å². The molecule has 2 rings (SSSR count). The molecule has 0 aliphatic carbocycles. The molecule has 0 unspecified atom stereocenters. The van der Waals surface area contributed by atoms with Crippen LogP contribution in [0.15, 0.2) is 35.2 Å². The Morgan fingerprint density at radius 2 is 1.78 bits per heavy atom. The molecule has 0 radical (unpaired) electrons. The van der Waals surface area contributed by atoms with Gasteiger partial charge in [0.25, 0.3) is 0 Å². The molecular weight excluding hydrogens is 248 g/mol. The zero-order valence-corrected chi connectivity index (χ0v) is 11.5. The zero-order chi connectivity index (χ0) is 13.3. The van der Waals surface area contributed by atoms with Gasteiger partial charge in [0.05, 0.1) is 15.8 Å². The molecule has 18 heavy (non-hydrogen) atoms. The molecule has 1 aromatic heterocycles. The van der Waals surface area contributed by atoms with Gasteiger partial charge in [-0.1, -0.05) is 12.1 Å². The maximum Gasteiger partial charge on any atom is 0.180 e. The first-order valence-electron chi connectivity index (χ1n) is 5.77. The molecule has 0 aliphatic rings. The highest BCUT2D eigenvalue weighted by Crippen LogP contribution is 2.22. The molecule has 0 saturated heterocycles. The van der Waals surface area contributed by atoms with Crippen LogP contribution in [0.3, 0.4) is 0 Å². The topological polar surface area (TPSA) is 62.8 Å². The lowest BCUT2D eigenvalue weighted by atomic mass is 10.1. The van der Waals surface area contributed by atoms with Crippen LogP contribution in [0.1, 0.15) is 19.5 Å². The highest BCUT2D eigenvalue weighted by atomic mass is 32.2. The van der Waals surface area contributed by atoms with Crippen LogP contribution in [-0.4, -0.2) is 23.9 Å². The van der Waals surface area contributed by atoms with Crippen LogP contribution in [0.5, 0.6) is 0 Å². The molecule has 2 aromatic rings. The highest BCUT2D eigenvalue weighted by Gasteiger charge is 2.18. The number of aryl methyl sites for hydroxylation is 1. The van der Waals surface area contributed by atoms with E-state index in [9.17, 15) is 8.42 Å². The van der Waals surface area contributed by atoms with Gasteiger partial charge in [0, 0.05) is 11.3 Å². The first kappa shape index (κ1) is 12.8. The van der Waals surface area contributed by atoms with Crippen molar-refractivity contribution in [3.05, 3.63) is 36.0 Å².